The SMILES string of the molecule is Clc1ccc2cc1-2.S=c1[nH]ccs1. The van der Waals surface area contributed by atoms with Crippen LogP contribution in [-0.2, 0) is 0 Å². The molecule has 0 aromatic carbocycles. The maximum atomic E-state index is 5.65. The predicted molar refractivity (Wildman–Crippen MR) is 59.9 cm³/mol. The summed E-state index contributed by atoms with van der Waals surface area (Å²) in [6.07, 6.45) is 1.83. The molecule has 3 rings (SSSR count). The Bertz CT molecular complexity index is 456. The van der Waals surface area contributed by atoms with Crippen molar-refractivity contribution in [2.24, 2.45) is 0 Å². The van der Waals surface area contributed by atoms with Crippen LogP contribution in [0.4, 0.5) is 0 Å². The molecule has 0 saturated heterocycles. The maximum absolute atomic E-state index is 5.65. The van der Waals surface area contributed by atoms with Crippen molar-refractivity contribution in [3.05, 3.63) is 38.8 Å². The van der Waals surface area contributed by atoms with Crippen molar-refractivity contribution < 1.29 is 0 Å². The van der Waals surface area contributed by atoms with Gasteiger partial charge in [-0.15, -0.1) is 11.3 Å². The average molecular weight is 228 g/mol. The minimum absolute atomic E-state index is 0.843. The van der Waals surface area contributed by atoms with Crippen molar-refractivity contribution in [3.8, 4) is 11.1 Å². The van der Waals surface area contributed by atoms with Gasteiger partial charge in [-0.1, -0.05) is 17.7 Å². The first-order chi connectivity index (χ1) is 6.27. The number of hydrogen-bond acceptors (Lipinski definition) is 2. The number of fused-ring (bicyclic) bond motifs is 1. The Morgan fingerprint density at radius 2 is 2.23 bits per heavy atom. The van der Waals surface area contributed by atoms with Crippen molar-refractivity contribution >= 4 is 35.2 Å². The summed E-state index contributed by atoms with van der Waals surface area (Å²) in [7, 11) is 0. The van der Waals surface area contributed by atoms with Gasteiger partial charge in [0.25, 0.3) is 0 Å². The minimum Gasteiger partial charge on any atom is -0.344 e. The number of thiazole rings is 1. The summed E-state index contributed by atoms with van der Waals surface area (Å²) < 4.78 is 0.843. The number of benzene rings is 1. The maximum Gasteiger partial charge on any atom is 0.158 e. The van der Waals surface area contributed by atoms with Crippen LogP contribution in [0.15, 0.2) is 29.8 Å². The fraction of sp³-hybridized carbons (Fsp3) is 0. The molecule has 2 aliphatic rings. The standard InChI is InChI=1S/C6H3Cl.C3H3NS2/c7-6-2-1-4-3-5(4)6;5-3-4-1-2-6-3/h1-3H;1-2H,(H,4,5). The molecule has 1 nitrogen and oxygen atoms in total. The summed E-state index contributed by atoms with van der Waals surface area (Å²) >= 11 is 11.9. The number of hydrogen-bond donors (Lipinski definition) is 1. The number of aromatic amines is 1. The van der Waals surface area contributed by atoms with Gasteiger partial charge < -0.3 is 4.98 Å². The van der Waals surface area contributed by atoms with E-state index in [4.69, 9.17) is 23.8 Å². The molecule has 66 valence electrons. The zero-order valence-corrected chi connectivity index (χ0v) is 8.97. The van der Waals surface area contributed by atoms with Crippen LogP contribution in [0, 0.1) is 3.95 Å². The first-order valence-corrected chi connectivity index (χ1v) is 5.36. The monoisotopic (exact) mass is 227 g/mol. The Labute approximate surface area is 90.0 Å². The molecule has 13 heavy (non-hydrogen) atoms. The van der Waals surface area contributed by atoms with Gasteiger partial charge in [-0.05, 0) is 29.9 Å². The highest BCUT2D eigenvalue weighted by atomic mass is 35.5. The molecular formula is C9H6ClNS2. The van der Waals surface area contributed by atoms with Crippen molar-refractivity contribution in [1.82, 2.24) is 4.98 Å². The molecule has 0 bridgehead atoms. The van der Waals surface area contributed by atoms with E-state index in [0.717, 1.165) is 8.98 Å². The number of nitrogens with one attached hydrogen (secondary N) is 1. The van der Waals surface area contributed by atoms with Crippen molar-refractivity contribution in [1.29, 1.82) is 0 Å². The first-order valence-electron chi connectivity index (χ1n) is 3.69. The predicted octanol–water partition coefficient (Wildman–Crippen LogP) is 4.13. The van der Waals surface area contributed by atoms with E-state index in [0.29, 0.717) is 0 Å². The van der Waals surface area contributed by atoms with Crippen LogP contribution in [-0.4, -0.2) is 4.98 Å². The molecule has 0 atom stereocenters. The smallest absolute Gasteiger partial charge is 0.158 e. The van der Waals surface area contributed by atoms with Crippen LogP contribution in [0.25, 0.3) is 11.1 Å². The number of halogens is 1. The minimum atomic E-state index is 0.843. The summed E-state index contributed by atoms with van der Waals surface area (Å²) in [5, 5.41) is 2.82. The molecule has 0 aliphatic heterocycles. The van der Waals surface area contributed by atoms with Crippen molar-refractivity contribution in [2.45, 2.75) is 0 Å². The second-order valence-corrected chi connectivity index (χ2v) is 4.54. The van der Waals surface area contributed by atoms with E-state index in [2.05, 4.69) is 11.1 Å². The van der Waals surface area contributed by atoms with Gasteiger partial charge >= 0.3 is 0 Å². The number of H-pyrrole nitrogens is 1. The Morgan fingerprint density at radius 1 is 1.38 bits per heavy atom. The molecule has 0 fully saturated rings. The molecule has 0 amide bonds. The summed E-state index contributed by atoms with van der Waals surface area (Å²) in [6, 6.07) is 6.02. The fourth-order valence-electron chi connectivity index (χ4n) is 0.949. The molecule has 0 saturated carbocycles. The third-order valence-corrected chi connectivity index (χ3v) is 2.98. The van der Waals surface area contributed by atoms with Gasteiger partial charge in [-0.3, -0.25) is 0 Å². The van der Waals surface area contributed by atoms with Gasteiger partial charge in [-0.2, -0.15) is 0 Å². The third kappa shape index (κ3) is 2.18. The highest BCUT2D eigenvalue weighted by molar-refractivity contribution is 7.73. The number of rotatable bonds is 0. The summed E-state index contributed by atoms with van der Waals surface area (Å²) in [5.41, 5.74) is 2.55. The highest BCUT2D eigenvalue weighted by Gasteiger charge is 2.14. The largest absolute Gasteiger partial charge is 0.344 e. The molecule has 4 heteroatoms. The van der Waals surface area contributed by atoms with Gasteiger partial charge in [0.1, 0.15) is 0 Å². The lowest BCUT2D eigenvalue weighted by Crippen LogP contribution is -1.45. The lowest BCUT2D eigenvalue weighted by Gasteiger charge is -1.68. The van der Waals surface area contributed by atoms with E-state index in [1.807, 2.05) is 23.7 Å². The fourth-order valence-corrected chi connectivity index (χ4v) is 1.81. The van der Waals surface area contributed by atoms with Crippen LogP contribution in [0.2, 0.25) is 5.02 Å². The second kappa shape index (κ2) is 3.62. The van der Waals surface area contributed by atoms with Crippen LogP contribution in [0.1, 0.15) is 0 Å². The third-order valence-electron chi connectivity index (χ3n) is 1.64. The molecule has 0 radical (unpaired) electrons. The average Bonchev–Trinajstić information content (AvgIpc) is 2.61. The van der Waals surface area contributed by atoms with Crippen molar-refractivity contribution in [2.75, 3.05) is 0 Å². The van der Waals surface area contributed by atoms with E-state index < -0.39 is 0 Å². The Kier molecular flexibility index (Phi) is 2.49. The molecule has 0 unspecified atom stereocenters. The van der Waals surface area contributed by atoms with E-state index in [-0.39, 0.29) is 0 Å². The summed E-state index contributed by atoms with van der Waals surface area (Å²) in [4.78, 5) is 2.83. The quantitative estimate of drug-likeness (QED) is 0.571. The Balaban J connectivity index is 0.000000102. The zero-order valence-electron chi connectivity index (χ0n) is 6.58. The molecule has 1 aromatic rings. The number of aromatic nitrogens is 1. The zero-order chi connectivity index (χ0) is 9.26. The highest BCUT2D eigenvalue weighted by Crippen LogP contribution is 2.40. The van der Waals surface area contributed by atoms with Crippen LogP contribution in [0.5, 0.6) is 0 Å². The summed E-state index contributed by atoms with van der Waals surface area (Å²) in [5.74, 6) is 0. The Morgan fingerprint density at radius 3 is 2.38 bits per heavy atom. The van der Waals surface area contributed by atoms with E-state index in [9.17, 15) is 0 Å². The van der Waals surface area contributed by atoms with Crippen LogP contribution < -0.4 is 0 Å². The second-order valence-electron chi connectivity index (χ2n) is 2.55. The summed E-state index contributed by atoms with van der Waals surface area (Å²) in [6.45, 7) is 0. The van der Waals surface area contributed by atoms with E-state index in [1.165, 1.54) is 22.5 Å². The van der Waals surface area contributed by atoms with Gasteiger partial charge in [0.05, 0.1) is 0 Å². The Hall–Kier alpha value is -0.640. The molecular weight excluding hydrogens is 222 g/mol. The van der Waals surface area contributed by atoms with Gasteiger partial charge in [0.2, 0.25) is 0 Å². The lowest BCUT2D eigenvalue weighted by molar-refractivity contribution is 1.40. The lowest BCUT2D eigenvalue weighted by atomic mass is 10.5. The van der Waals surface area contributed by atoms with E-state index >= 15 is 0 Å². The van der Waals surface area contributed by atoms with Crippen LogP contribution in [0.3, 0.4) is 0 Å². The molecule has 0 spiro atoms. The first kappa shape index (κ1) is 8.94. The molecule has 1 N–H and O–H groups in total. The molecule has 1 heterocycles. The molecule has 2 aliphatic carbocycles. The van der Waals surface area contributed by atoms with Crippen LogP contribution >= 0.6 is 35.2 Å². The molecule has 1 aromatic heterocycles. The normalized spacial score (nSPS) is 10.2. The van der Waals surface area contributed by atoms with Gasteiger partial charge in [0, 0.05) is 22.2 Å². The topological polar surface area (TPSA) is 15.8 Å². The van der Waals surface area contributed by atoms with E-state index in [1.54, 1.807) is 0 Å². The van der Waals surface area contributed by atoms with Gasteiger partial charge in [-0.25, -0.2) is 0 Å². The van der Waals surface area contributed by atoms with Crippen molar-refractivity contribution in [3.63, 3.8) is 0 Å². The van der Waals surface area contributed by atoms with Gasteiger partial charge in [0.15, 0.2) is 3.95 Å².